The first-order chi connectivity index (χ1) is 8.47. The van der Waals surface area contributed by atoms with Crippen LogP contribution in [-0.2, 0) is 19.0 Å². The van der Waals surface area contributed by atoms with Gasteiger partial charge in [0, 0.05) is 42.6 Å². The van der Waals surface area contributed by atoms with Crippen LogP contribution in [0.15, 0.2) is 6.20 Å². The van der Waals surface area contributed by atoms with Crippen LogP contribution in [0.2, 0.25) is 0 Å². The summed E-state index contributed by atoms with van der Waals surface area (Å²) in [4.78, 5) is 0. The SMILES string of the molecule is Cn1cc(CNC2CCCSC2)c(C(C)(C)C)n1. The van der Waals surface area contributed by atoms with E-state index in [2.05, 4.69) is 49.1 Å². The van der Waals surface area contributed by atoms with E-state index >= 15 is 0 Å². The standard InChI is InChI=1S/C14H25N3S/c1-14(2,3)13-11(9-17(4)16-13)8-15-12-6-5-7-18-10-12/h9,12,15H,5-8,10H2,1-4H3. The second-order valence-corrected chi connectivity index (χ2v) is 7.37. The van der Waals surface area contributed by atoms with E-state index < -0.39 is 0 Å². The molecule has 0 aromatic carbocycles. The molecule has 0 aliphatic carbocycles. The molecule has 1 N–H and O–H groups in total. The van der Waals surface area contributed by atoms with Gasteiger partial charge < -0.3 is 5.32 Å². The van der Waals surface area contributed by atoms with Gasteiger partial charge in [-0.05, 0) is 18.6 Å². The molecule has 3 nitrogen and oxygen atoms in total. The maximum absolute atomic E-state index is 4.62. The third kappa shape index (κ3) is 3.51. The Bertz CT molecular complexity index is 386. The van der Waals surface area contributed by atoms with Gasteiger partial charge in [0.05, 0.1) is 5.69 Å². The summed E-state index contributed by atoms with van der Waals surface area (Å²) in [6.45, 7) is 7.64. The first-order valence-electron chi connectivity index (χ1n) is 6.81. The van der Waals surface area contributed by atoms with Crippen molar-refractivity contribution in [2.75, 3.05) is 11.5 Å². The van der Waals surface area contributed by atoms with Crippen LogP contribution in [0.1, 0.15) is 44.9 Å². The number of aryl methyl sites for hydroxylation is 1. The van der Waals surface area contributed by atoms with Crippen molar-refractivity contribution in [3.05, 3.63) is 17.5 Å². The number of rotatable bonds is 3. The van der Waals surface area contributed by atoms with Gasteiger partial charge in [0.2, 0.25) is 0 Å². The number of hydrogen-bond acceptors (Lipinski definition) is 3. The Kier molecular flexibility index (Phi) is 4.38. The van der Waals surface area contributed by atoms with Crippen LogP contribution in [-0.4, -0.2) is 27.3 Å². The van der Waals surface area contributed by atoms with Gasteiger partial charge in [-0.15, -0.1) is 0 Å². The Morgan fingerprint density at radius 2 is 2.28 bits per heavy atom. The molecule has 0 amide bonds. The quantitative estimate of drug-likeness (QED) is 0.913. The van der Waals surface area contributed by atoms with E-state index in [4.69, 9.17) is 0 Å². The second-order valence-electron chi connectivity index (χ2n) is 6.22. The lowest BCUT2D eigenvalue weighted by molar-refractivity contribution is 0.497. The average molecular weight is 267 g/mol. The fraction of sp³-hybridized carbons (Fsp3) is 0.786. The first-order valence-corrected chi connectivity index (χ1v) is 7.96. The molecule has 1 aliphatic heterocycles. The summed E-state index contributed by atoms with van der Waals surface area (Å²) in [5.41, 5.74) is 2.70. The number of nitrogens with zero attached hydrogens (tertiary/aromatic N) is 2. The van der Waals surface area contributed by atoms with E-state index in [1.807, 2.05) is 11.7 Å². The maximum Gasteiger partial charge on any atom is 0.0722 e. The molecule has 1 fully saturated rings. The molecule has 18 heavy (non-hydrogen) atoms. The minimum Gasteiger partial charge on any atom is -0.309 e. The molecule has 2 heterocycles. The normalized spacial score (nSPS) is 21.2. The highest BCUT2D eigenvalue weighted by Gasteiger charge is 2.22. The van der Waals surface area contributed by atoms with Crippen LogP contribution in [0.25, 0.3) is 0 Å². The van der Waals surface area contributed by atoms with Crippen molar-refractivity contribution in [1.82, 2.24) is 15.1 Å². The molecule has 1 aromatic heterocycles. The van der Waals surface area contributed by atoms with Crippen LogP contribution in [0.5, 0.6) is 0 Å². The summed E-state index contributed by atoms with van der Waals surface area (Å²) < 4.78 is 1.94. The van der Waals surface area contributed by atoms with Gasteiger partial charge in [0.15, 0.2) is 0 Å². The zero-order chi connectivity index (χ0) is 13.2. The van der Waals surface area contributed by atoms with Crippen molar-refractivity contribution in [3.63, 3.8) is 0 Å². The molecule has 4 heteroatoms. The number of hydrogen-bond donors (Lipinski definition) is 1. The van der Waals surface area contributed by atoms with E-state index in [-0.39, 0.29) is 5.41 Å². The summed E-state index contributed by atoms with van der Waals surface area (Å²) in [5, 5.41) is 8.31. The van der Waals surface area contributed by atoms with Gasteiger partial charge in [-0.3, -0.25) is 4.68 Å². The third-order valence-corrected chi connectivity index (χ3v) is 4.57. The van der Waals surface area contributed by atoms with Gasteiger partial charge in [0.1, 0.15) is 0 Å². The van der Waals surface area contributed by atoms with Crippen molar-refractivity contribution >= 4 is 11.8 Å². The predicted molar refractivity (Wildman–Crippen MR) is 79.1 cm³/mol. The van der Waals surface area contributed by atoms with Crippen molar-refractivity contribution in [2.24, 2.45) is 7.05 Å². The average Bonchev–Trinajstić information content (AvgIpc) is 2.69. The molecule has 1 atom stereocenters. The molecule has 0 saturated carbocycles. The summed E-state index contributed by atoms with van der Waals surface area (Å²) in [5.74, 6) is 2.59. The first kappa shape index (κ1) is 13.9. The second kappa shape index (κ2) is 5.66. The minimum absolute atomic E-state index is 0.125. The Hall–Kier alpha value is -0.480. The summed E-state index contributed by atoms with van der Waals surface area (Å²) in [6.07, 6.45) is 4.82. The van der Waals surface area contributed by atoms with Crippen LogP contribution < -0.4 is 5.32 Å². The van der Waals surface area contributed by atoms with Gasteiger partial charge in [0.25, 0.3) is 0 Å². The number of nitrogens with one attached hydrogen (secondary N) is 1. The third-order valence-electron chi connectivity index (χ3n) is 3.36. The lowest BCUT2D eigenvalue weighted by Gasteiger charge is -2.23. The van der Waals surface area contributed by atoms with Crippen LogP contribution in [0.4, 0.5) is 0 Å². The highest BCUT2D eigenvalue weighted by Crippen LogP contribution is 2.24. The van der Waals surface area contributed by atoms with E-state index in [0.29, 0.717) is 6.04 Å². The predicted octanol–water partition coefficient (Wildman–Crippen LogP) is 2.70. The van der Waals surface area contributed by atoms with Crippen molar-refractivity contribution in [3.8, 4) is 0 Å². The van der Waals surface area contributed by atoms with Crippen molar-refractivity contribution < 1.29 is 0 Å². The van der Waals surface area contributed by atoms with Gasteiger partial charge in [-0.25, -0.2) is 0 Å². The lowest BCUT2D eigenvalue weighted by atomic mass is 9.89. The van der Waals surface area contributed by atoms with E-state index in [9.17, 15) is 0 Å². The summed E-state index contributed by atoms with van der Waals surface area (Å²) in [7, 11) is 2.01. The van der Waals surface area contributed by atoms with Crippen molar-refractivity contribution in [2.45, 2.75) is 51.6 Å². The Labute approximate surface area is 115 Å². The topological polar surface area (TPSA) is 29.9 Å². The Morgan fingerprint density at radius 3 is 2.89 bits per heavy atom. The number of aromatic nitrogens is 2. The Balaban J connectivity index is 2.00. The van der Waals surface area contributed by atoms with E-state index in [1.165, 1.54) is 35.6 Å². The monoisotopic (exact) mass is 267 g/mol. The highest BCUT2D eigenvalue weighted by molar-refractivity contribution is 7.99. The number of thioether (sulfide) groups is 1. The molecule has 0 bridgehead atoms. The lowest BCUT2D eigenvalue weighted by Crippen LogP contribution is -2.33. The van der Waals surface area contributed by atoms with Gasteiger partial charge >= 0.3 is 0 Å². The molecular formula is C14H25N3S. The van der Waals surface area contributed by atoms with E-state index in [1.54, 1.807) is 0 Å². The molecular weight excluding hydrogens is 242 g/mol. The molecule has 1 aromatic rings. The van der Waals surface area contributed by atoms with Crippen LogP contribution in [0, 0.1) is 0 Å². The zero-order valence-electron chi connectivity index (χ0n) is 12.0. The Morgan fingerprint density at radius 1 is 1.50 bits per heavy atom. The fourth-order valence-corrected chi connectivity index (χ4v) is 3.56. The van der Waals surface area contributed by atoms with Gasteiger partial charge in [-0.2, -0.15) is 16.9 Å². The molecule has 1 aliphatic rings. The van der Waals surface area contributed by atoms with Crippen molar-refractivity contribution in [1.29, 1.82) is 0 Å². The highest BCUT2D eigenvalue weighted by atomic mass is 32.2. The van der Waals surface area contributed by atoms with E-state index in [0.717, 1.165) is 6.54 Å². The molecule has 0 radical (unpaired) electrons. The smallest absolute Gasteiger partial charge is 0.0722 e. The van der Waals surface area contributed by atoms with Gasteiger partial charge in [-0.1, -0.05) is 20.8 Å². The van der Waals surface area contributed by atoms with Crippen LogP contribution in [0.3, 0.4) is 0 Å². The minimum atomic E-state index is 0.125. The largest absolute Gasteiger partial charge is 0.309 e. The molecule has 1 saturated heterocycles. The fourth-order valence-electron chi connectivity index (χ4n) is 2.45. The van der Waals surface area contributed by atoms with Crippen LogP contribution >= 0.6 is 11.8 Å². The maximum atomic E-state index is 4.62. The molecule has 0 spiro atoms. The zero-order valence-corrected chi connectivity index (χ0v) is 12.8. The molecule has 2 rings (SSSR count). The summed E-state index contributed by atoms with van der Waals surface area (Å²) in [6, 6.07) is 0.678. The molecule has 1 unspecified atom stereocenters. The molecule has 102 valence electrons. The summed E-state index contributed by atoms with van der Waals surface area (Å²) >= 11 is 2.07.